The van der Waals surface area contributed by atoms with E-state index in [0.717, 1.165) is 36.7 Å². The summed E-state index contributed by atoms with van der Waals surface area (Å²) in [7, 11) is 0. The molecule has 0 amide bonds. The molecule has 88 valence electrons. The highest BCUT2D eigenvalue weighted by atomic mass is 35.5. The lowest BCUT2D eigenvalue weighted by Crippen LogP contribution is -2.09. The van der Waals surface area contributed by atoms with E-state index >= 15 is 0 Å². The number of hydrogen-bond acceptors (Lipinski definition) is 3. The molecule has 0 aromatic carbocycles. The first-order valence-corrected chi connectivity index (χ1v) is 6.09. The molecule has 1 aliphatic heterocycles. The van der Waals surface area contributed by atoms with Crippen molar-refractivity contribution in [2.24, 2.45) is 0 Å². The minimum Gasteiger partial charge on any atom is -0.381 e. The lowest BCUT2D eigenvalue weighted by molar-refractivity contribution is 0.193. The van der Waals surface area contributed by atoms with Crippen molar-refractivity contribution in [3.8, 4) is 0 Å². The van der Waals surface area contributed by atoms with Crippen LogP contribution in [0.15, 0.2) is 0 Å². The molecule has 1 saturated heterocycles. The van der Waals surface area contributed by atoms with E-state index < -0.39 is 0 Å². The van der Waals surface area contributed by atoms with Gasteiger partial charge in [-0.25, -0.2) is 9.97 Å². The van der Waals surface area contributed by atoms with Crippen LogP contribution in [0.5, 0.6) is 0 Å². The number of halogens is 1. The summed E-state index contributed by atoms with van der Waals surface area (Å²) in [5, 5.41) is 0.601. The number of aromatic nitrogens is 2. The van der Waals surface area contributed by atoms with Crippen LogP contribution in [-0.2, 0) is 4.74 Å². The Bertz CT molecular complexity index is 364. The molecular formula is C12H17ClN2O. The highest BCUT2D eigenvalue weighted by Gasteiger charge is 2.23. The zero-order valence-electron chi connectivity index (χ0n) is 9.96. The lowest BCUT2D eigenvalue weighted by atomic mass is 10.0. The summed E-state index contributed by atoms with van der Waals surface area (Å²) in [5.74, 6) is 1.52. The molecule has 0 saturated carbocycles. The second-order valence-corrected chi connectivity index (χ2v) is 4.94. The first kappa shape index (κ1) is 11.8. The van der Waals surface area contributed by atoms with Gasteiger partial charge in [0, 0.05) is 23.8 Å². The van der Waals surface area contributed by atoms with Gasteiger partial charge in [0.1, 0.15) is 11.0 Å². The molecule has 2 heterocycles. The predicted octanol–water partition coefficient (Wildman–Crippen LogP) is 3.07. The maximum atomic E-state index is 6.22. The minimum absolute atomic E-state index is 0.317. The van der Waals surface area contributed by atoms with E-state index in [1.165, 1.54) is 0 Å². The topological polar surface area (TPSA) is 35.0 Å². The Morgan fingerprint density at radius 1 is 1.38 bits per heavy atom. The molecule has 4 heteroatoms. The van der Waals surface area contributed by atoms with E-state index in [0.29, 0.717) is 17.0 Å². The van der Waals surface area contributed by atoms with Crippen LogP contribution in [0.25, 0.3) is 0 Å². The Hall–Kier alpha value is -0.670. The van der Waals surface area contributed by atoms with Crippen molar-refractivity contribution in [1.82, 2.24) is 9.97 Å². The SMILES string of the molecule is Cc1nc(C2CCOC2)nc(Cl)c1C(C)C. The fourth-order valence-corrected chi connectivity index (χ4v) is 2.59. The highest BCUT2D eigenvalue weighted by Crippen LogP contribution is 2.29. The van der Waals surface area contributed by atoms with E-state index in [1.807, 2.05) is 6.92 Å². The number of aryl methyl sites for hydroxylation is 1. The fourth-order valence-electron chi connectivity index (χ4n) is 2.14. The maximum absolute atomic E-state index is 6.22. The normalized spacial score (nSPS) is 20.7. The van der Waals surface area contributed by atoms with Gasteiger partial charge in [-0.2, -0.15) is 0 Å². The molecule has 1 atom stereocenters. The van der Waals surface area contributed by atoms with Crippen molar-refractivity contribution in [3.63, 3.8) is 0 Å². The largest absolute Gasteiger partial charge is 0.381 e. The molecule has 0 N–H and O–H groups in total. The average molecular weight is 241 g/mol. The highest BCUT2D eigenvalue weighted by molar-refractivity contribution is 6.30. The van der Waals surface area contributed by atoms with Crippen LogP contribution in [0.2, 0.25) is 5.15 Å². The van der Waals surface area contributed by atoms with Crippen LogP contribution >= 0.6 is 11.6 Å². The maximum Gasteiger partial charge on any atom is 0.136 e. The molecular weight excluding hydrogens is 224 g/mol. The van der Waals surface area contributed by atoms with Gasteiger partial charge in [-0.3, -0.25) is 0 Å². The van der Waals surface area contributed by atoms with Gasteiger partial charge in [0.25, 0.3) is 0 Å². The van der Waals surface area contributed by atoms with Crippen molar-refractivity contribution in [2.45, 2.75) is 39.0 Å². The number of nitrogens with zero attached hydrogens (tertiary/aromatic N) is 2. The van der Waals surface area contributed by atoms with Crippen LogP contribution in [0, 0.1) is 6.92 Å². The summed E-state index contributed by atoms with van der Waals surface area (Å²) >= 11 is 6.22. The molecule has 16 heavy (non-hydrogen) atoms. The summed E-state index contributed by atoms with van der Waals surface area (Å²) in [4.78, 5) is 8.97. The summed E-state index contributed by atoms with van der Waals surface area (Å²) in [6.45, 7) is 7.74. The first-order valence-electron chi connectivity index (χ1n) is 5.71. The van der Waals surface area contributed by atoms with Crippen LogP contribution in [-0.4, -0.2) is 23.2 Å². The third kappa shape index (κ3) is 2.20. The van der Waals surface area contributed by atoms with Gasteiger partial charge >= 0.3 is 0 Å². The van der Waals surface area contributed by atoms with Gasteiger partial charge in [0.2, 0.25) is 0 Å². The van der Waals surface area contributed by atoms with E-state index in [9.17, 15) is 0 Å². The molecule has 1 unspecified atom stereocenters. The van der Waals surface area contributed by atoms with Gasteiger partial charge in [0.05, 0.1) is 6.61 Å². The van der Waals surface area contributed by atoms with E-state index in [4.69, 9.17) is 16.3 Å². The minimum atomic E-state index is 0.317. The Morgan fingerprint density at radius 2 is 2.12 bits per heavy atom. The van der Waals surface area contributed by atoms with Gasteiger partial charge in [-0.15, -0.1) is 0 Å². The van der Waals surface area contributed by atoms with Gasteiger partial charge in [-0.05, 0) is 19.3 Å². The molecule has 0 aliphatic carbocycles. The quantitative estimate of drug-likeness (QED) is 0.746. The first-order chi connectivity index (χ1) is 7.59. The average Bonchev–Trinajstić information content (AvgIpc) is 2.67. The third-order valence-corrected chi connectivity index (χ3v) is 3.27. The Kier molecular flexibility index (Phi) is 3.45. The predicted molar refractivity (Wildman–Crippen MR) is 64.0 cm³/mol. The van der Waals surface area contributed by atoms with Crippen molar-refractivity contribution in [3.05, 3.63) is 22.2 Å². The molecule has 1 aliphatic rings. The number of rotatable bonds is 2. The molecule has 1 fully saturated rings. The standard InChI is InChI=1S/C12H17ClN2O/c1-7(2)10-8(3)14-12(15-11(10)13)9-4-5-16-6-9/h7,9H,4-6H2,1-3H3. The summed E-state index contributed by atoms with van der Waals surface area (Å²) in [6.07, 6.45) is 0.997. The molecule has 1 aromatic rings. The molecule has 3 nitrogen and oxygen atoms in total. The molecule has 0 spiro atoms. The zero-order chi connectivity index (χ0) is 11.7. The summed E-state index contributed by atoms with van der Waals surface area (Å²) in [5.41, 5.74) is 2.06. The molecule has 0 radical (unpaired) electrons. The number of ether oxygens (including phenoxy) is 1. The molecule has 0 bridgehead atoms. The van der Waals surface area contributed by atoms with Crippen LogP contribution in [0.4, 0.5) is 0 Å². The van der Waals surface area contributed by atoms with Gasteiger partial charge < -0.3 is 4.74 Å². The summed E-state index contributed by atoms with van der Waals surface area (Å²) < 4.78 is 5.35. The second kappa shape index (κ2) is 4.68. The molecule has 1 aromatic heterocycles. The van der Waals surface area contributed by atoms with Crippen molar-refractivity contribution in [1.29, 1.82) is 0 Å². The Balaban J connectivity index is 2.36. The Morgan fingerprint density at radius 3 is 2.62 bits per heavy atom. The monoisotopic (exact) mass is 240 g/mol. The van der Waals surface area contributed by atoms with Gasteiger partial charge in [-0.1, -0.05) is 25.4 Å². The molecule has 2 rings (SSSR count). The second-order valence-electron chi connectivity index (χ2n) is 4.59. The van der Waals surface area contributed by atoms with E-state index in [-0.39, 0.29) is 0 Å². The smallest absolute Gasteiger partial charge is 0.136 e. The van der Waals surface area contributed by atoms with E-state index in [2.05, 4.69) is 23.8 Å². The van der Waals surface area contributed by atoms with Crippen LogP contribution < -0.4 is 0 Å². The van der Waals surface area contributed by atoms with Gasteiger partial charge in [0.15, 0.2) is 0 Å². The zero-order valence-corrected chi connectivity index (χ0v) is 10.7. The van der Waals surface area contributed by atoms with Crippen molar-refractivity contribution in [2.75, 3.05) is 13.2 Å². The number of hydrogen-bond donors (Lipinski definition) is 0. The van der Waals surface area contributed by atoms with Crippen molar-refractivity contribution >= 4 is 11.6 Å². The summed E-state index contributed by atoms with van der Waals surface area (Å²) in [6, 6.07) is 0. The fraction of sp³-hybridized carbons (Fsp3) is 0.667. The van der Waals surface area contributed by atoms with E-state index in [1.54, 1.807) is 0 Å². The van der Waals surface area contributed by atoms with Crippen molar-refractivity contribution < 1.29 is 4.74 Å². The lowest BCUT2D eigenvalue weighted by Gasteiger charge is -2.14. The third-order valence-electron chi connectivity index (χ3n) is 2.98. The van der Waals surface area contributed by atoms with Crippen LogP contribution in [0.3, 0.4) is 0 Å². The Labute approximate surface area is 101 Å². The van der Waals surface area contributed by atoms with Crippen LogP contribution in [0.1, 0.15) is 49.2 Å².